The van der Waals surface area contributed by atoms with Crippen LogP contribution in [0.1, 0.15) is 73.4 Å². The second kappa shape index (κ2) is 17.7. The molecule has 1 aliphatic carbocycles. The second-order valence-electron chi connectivity index (χ2n) is 14.5. The third-order valence-electron chi connectivity index (χ3n) is 10.8. The zero-order chi connectivity index (χ0) is 35.8. The van der Waals surface area contributed by atoms with Crippen LogP contribution < -0.4 is 14.4 Å². The molecular formula is C39H54ClN5O5S. The van der Waals surface area contributed by atoms with Crippen LogP contribution in [0, 0.1) is 11.8 Å². The normalized spacial score (nSPS) is 27.4. The highest BCUT2D eigenvalue weighted by Crippen LogP contribution is 2.42. The Balaban J connectivity index is 1.36. The highest BCUT2D eigenvalue weighted by atomic mass is 35.5. The van der Waals surface area contributed by atoms with E-state index in [9.17, 15) is 13.8 Å². The molecule has 0 radical (unpaired) electrons. The highest BCUT2D eigenvalue weighted by molar-refractivity contribution is 7.92. The van der Waals surface area contributed by atoms with Crippen molar-refractivity contribution >= 4 is 39.0 Å². The number of carbonyl (C=O) groups excluding carboxylic acids is 2. The number of anilines is 1. The van der Waals surface area contributed by atoms with Gasteiger partial charge in [-0.15, -0.1) is 4.36 Å². The molecular weight excluding hydrogens is 686 g/mol. The van der Waals surface area contributed by atoms with Gasteiger partial charge in [-0.05, 0) is 105 Å². The summed E-state index contributed by atoms with van der Waals surface area (Å²) in [6.45, 7) is 9.45. The second-order valence-corrected chi connectivity index (χ2v) is 17.0. The van der Waals surface area contributed by atoms with Gasteiger partial charge in [0.25, 0.3) is 5.91 Å². The van der Waals surface area contributed by atoms with E-state index < -0.39 is 21.7 Å². The number of allylic oxidation sites excluding steroid dienone is 1. The lowest BCUT2D eigenvalue weighted by Gasteiger charge is -2.44. The quantitative estimate of drug-likeness (QED) is 0.354. The lowest BCUT2D eigenvalue weighted by molar-refractivity contribution is -0.118. The van der Waals surface area contributed by atoms with Gasteiger partial charge < -0.3 is 19.3 Å². The third kappa shape index (κ3) is 10.1. The molecule has 278 valence electrons. The fourth-order valence-corrected chi connectivity index (χ4v) is 9.35. The van der Waals surface area contributed by atoms with Gasteiger partial charge in [0, 0.05) is 62.8 Å². The molecule has 0 aromatic heterocycles. The van der Waals surface area contributed by atoms with Crippen molar-refractivity contribution in [3.8, 4) is 5.75 Å². The molecule has 1 saturated heterocycles. The number of nitrogens with one attached hydrogen (secondary N) is 1. The maximum Gasteiger partial charge on any atom is 0.286 e. The maximum atomic E-state index is 14.0. The van der Waals surface area contributed by atoms with Crippen molar-refractivity contribution in [2.75, 3.05) is 70.2 Å². The van der Waals surface area contributed by atoms with Crippen molar-refractivity contribution in [2.24, 2.45) is 16.2 Å². The number of benzene rings is 2. The number of piperazine rings is 1. The summed E-state index contributed by atoms with van der Waals surface area (Å²) in [5.74, 6) is 0.486. The lowest BCUT2D eigenvalue weighted by Crippen LogP contribution is -2.46. The molecule has 3 aliphatic heterocycles. The van der Waals surface area contributed by atoms with Crippen LogP contribution in [0.3, 0.4) is 0 Å². The van der Waals surface area contributed by atoms with Gasteiger partial charge in [-0.25, -0.2) is 4.21 Å². The molecule has 2 amide bonds. The molecule has 0 spiro atoms. The maximum absolute atomic E-state index is 14.0. The van der Waals surface area contributed by atoms with Gasteiger partial charge in [0.2, 0.25) is 5.91 Å². The first-order valence-electron chi connectivity index (χ1n) is 18.8. The molecule has 2 aromatic carbocycles. The number of nitrogens with zero attached hydrogens (tertiary/aromatic N) is 4. The van der Waals surface area contributed by atoms with Gasteiger partial charge in [0.05, 0.1) is 30.8 Å². The van der Waals surface area contributed by atoms with E-state index in [-0.39, 0.29) is 18.3 Å². The van der Waals surface area contributed by atoms with E-state index >= 15 is 0 Å². The molecule has 10 nitrogen and oxygen atoms in total. The minimum atomic E-state index is -3.34. The molecule has 51 heavy (non-hydrogen) atoms. The first-order chi connectivity index (χ1) is 24.7. The first kappa shape index (κ1) is 37.8. The number of carbonyl (C=O) groups is 2. The molecule has 12 heteroatoms. The van der Waals surface area contributed by atoms with Gasteiger partial charge >= 0.3 is 0 Å². The van der Waals surface area contributed by atoms with Crippen LogP contribution in [0.4, 0.5) is 5.69 Å². The summed E-state index contributed by atoms with van der Waals surface area (Å²) < 4.78 is 33.9. The average Bonchev–Trinajstić information content (AvgIpc) is 3.13. The molecule has 4 aliphatic rings. The minimum Gasteiger partial charge on any atom is -0.491 e. The summed E-state index contributed by atoms with van der Waals surface area (Å²) >= 11 is 6.49. The lowest BCUT2D eigenvalue weighted by atomic mass is 9.70. The van der Waals surface area contributed by atoms with E-state index in [1.807, 2.05) is 18.2 Å². The van der Waals surface area contributed by atoms with Gasteiger partial charge in [-0.2, -0.15) is 0 Å². The monoisotopic (exact) mass is 739 g/mol. The van der Waals surface area contributed by atoms with Crippen LogP contribution in [-0.4, -0.2) is 97.2 Å². The smallest absolute Gasteiger partial charge is 0.286 e. The first-order valence-corrected chi connectivity index (χ1v) is 20.8. The van der Waals surface area contributed by atoms with Crippen LogP contribution >= 0.6 is 11.6 Å². The molecule has 2 aromatic rings. The Morgan fingerprint density at radius 3 is 2.71 bits per heavy atom. The zero-order valence-electron chi connectivity index (χ0n) is 30.2. The van der Waals surface area contributed by atoms with Crippen molar-refractivity contribution in [3.05, 3.63) is 70.3 Å². The Kier molecular flexibility index (Phi) is 13.1. The number of halogens is 1. The van der Waals surface area contributed by atoms with Gasteiger partial charge in [0.1, 0.15) is 15.7 Å². The van der Waals surface area contributed by atoms with E-state index in [1.54, 1.807) is 13.0 Å². The van der Waals surface area contributed by atoms with Crippen molar-refractivity contribution < 1.29 is 23.3 Å². The SMILES string of the molecule is CCC(=O)N[S@@]1(=O)=NC(=O)c2ccc3c(c2)N(Cc2ccc(Cl)cc2CCCCO3)C[C@@H]2CC[C@H]2[C@@H](OCCN2CCN(C)CC2)/C=C/CCC1. The predicted octanol–water partition coefficient (Wildman–Crippen LogP) is 6.12. The number of aryl methyl sites for hydroxylation is 1. The Labute approximate surface area is 309 Å². The van der Waals surface area contributed by atoms with Crippen molar-refractivity contribution in [2.45, 2.75) is 70.9 Å². The Morgan fingerprint density at radius 1 is 1.08 bits per heavy atom. The molecule has 1 saturated carbocycles. The number of amides is 2. The van der Waals surface area contributed by atoms with Crippen LogP contribution in [-0.2, 0) is 32.4 Å². The molecule has 2 fully saturated rings. The number of hydrogen-bond donors (Lipinski definition) is 1. The van der Waals surface area contributed by atoms with Crippen molar-refractivity contribution in [1.82, 2.24) is 14.5 Å². The summed E-state index contributed by atoms with van der Waals surface area (Å²) in [5.41, 5.74) is 3.55. The van der Waals surface area contributed by atoms with E-state index in [4.69, 9.17) is 21.1 Å². The summed E-state index contributed by atoms with van der Waals surface area (Å²) in [4.78, 5) is 33.4. The number of likely N-dealkylation sites (N-methyl/N-ethyl adjacent to an activating group) is 1. The molecule has 4 atom stereocenters. The van der Waals surface area contributed by atoms with E-state index in [0.717, 1.165) is 82.1 Å². The van der Waals surface area contributed by atoms with Gasteiger partial charge in [-0.1, -0.05) is 36.7 Å². The van der Waals surface area contributed by atoms with Crippen LogP contribution in [0.15, 0.2) is 52.9 Å². The standard InChI is InChI=1S/C39H54ClN5O5S/c1-3-38(46)41-51(48)24-8-4-5-10-36(50-23-21-44-19-17-43(2)18-20-44)34-15-12-32(34)28-45-27-31-11-14-33(40)25-29(31)9-6-7-22-49-37-16-13-30(26-35(37)45)39(47)42-51/h5,10-11,13-14,16,25-26,32,34,36H,3-4,6-9,12,15,17-24,27-28H2,1-2H3,(H,41,42,46,47,48)/b10-5+/t32-,34+,36-,51+/m0/s1. The largest absolute Gasteiger partial charge is 0.491 e. The van der Waals surface area contributed by atoms with Gasteiger partial charge in [-0.3, -0.25) is 19.2 Å². The van der Waals surface area contributed by atoms with E-state index in [0.29, 0.717) is 55.7 Å². The van der Waals surface area contributed by atoms with Crippen LogP contribution in [0.2, 0.25) is 5.02 Å². The number of rotatable bonds is 6. The Hall–Kier alpha value is -2.96. The summed E-state index contributed by atoms with van der Waals surface area (Å²) in [6, 6.07) is 11.5. The van der Waals surface area contributed by atoms with Crippen LogP contribution in [0.5, 0.6) is 5.75 Å². The van der Waals surface area contributed by atoms with E-state index in [2.05, 4.69) is 55.1 Å². The highest BCUT2D eigenvalue weighted by Gasteiger charge is 2.38. The summed E-state index contributed by atoms with van der Waals surface area (Å²) in [5, 5.41) is 0.726. The third-order valence-corrected chi connectivity index (χ3v) is 12.9. The molecule has 6 rings (SSSR count). The van der Waals surface area contributed by atoms with E-state index in [1.165, 1.54) is 11.1 Å². The van der Waals surface area contributed by atoms with Crippen molar-refractivity contribution in [3.63, 3.8) is 0 Å². The Morgan fingerprint density at radius 2 is 1.92 bits per heavy atom. The molecule has 1 N–H and O–H groups in total. The molecule has 3 heterocycles. The number of hydrogen-bond acceptors (Lipinski definition) is 8. The van der Waals surface area contributed by atoms with Gasteiger partial charge in [0.15, 0.2) is 0 Å². The summed E-state index contributed by atoms with van der Waals surface area (Å²) in [6.07, 6.45) is 10.5. The molecule has 2 bridgehead atoms. The van der Waals surface area contributed by atoms with Crippen molar-refractivity contribution in [1.29, 1.82) is 0 Å². The minimum absolute atomic E-state index is 0.0448. The predicted molar refractivity (Wildman–Crippen MR) is 204 cm³/mol. The van der Waals surface area contributed by atoms with Crippen LogP contribution in [0.25, 0.3) is 0 Å². The Bertz CT molecular complexity index is 1690. The summed E-state index contributed by atoms with van der Waals surface area (Å²) in [7, 11) is -1.17. The topological polar surface area (TPSA) is 104 Å². The number of ether oxygens (including phenoxy) is 2. The zero-order valence-corrected chi connectivity index (χ0v) is 31.8. The number of fused-ring (bicyclic) bond motifs is 3. The fourth-order valence-electron chi connectivity index (χ4n) is 7.49. The fraction of sp³-hybridized carbons (Fsp3) is 0.590. The molecule has 0 unspecified atom stereocenters. The average molecular weight is 740 g/mol.